The highest BCUT2D eigenvalue weighted by atomic mass is 35.5. The molecule has 1 fully saturated rings. The Kier molecular flexibility index (Phi) is 3.99. The van der Waals surface area contributed by atoms with Crippen LogP contribution in [0.3, 0.4) is 0 Å². The van der Waals surface area contributed by atoms with Gasteiger partial charge in [-0.1, -0.05) is 23.2 Å². The van der Waals surface area contributed by atoms with Gasteiger partial charge in [-0.05, 0) is 25.0 Å². The Morgan fingerprint density at radius 1 is 1.37 bits per heavy atom. The molecule has 1 aliphatic carbocycles. The number of nitrogen functional groups attached to an aromatic ring is 1. The molecule has 2 rings (SSSR count). The van der Waals surface area contributed by atoms with Crippen LogP contribution >= 0.6 is 23.2 Å². The maximum absolute atomic E-state index is 12.1. The van der Waals surface area contributed by atoms with Gasteiger partial charge in [-0.25, -0.2) is 13.1 Å². The van der Waals surface area contributed by atoms with Crippen LogP contribution < -0.4 is 10.5 Å². The monoisotopic (exact) mass is 324 g/mol. The maximum Gasteiger partial charge on any atom is 0.242 e. The van der Waals surface area contributed by atoms with E-state index >= 15 is 0 Å². The van der Waals surface area contributed by atoms with Gasteiger partial charge in [0.25, 0.3) is 0 Å². The maximum atomic E-state index is 12.1. The van der Waals surface area contributed by atoms with E-state index in [-0.39, 0.29) is 39.2 Å². The third kappa shape index (κ3) is 2.98. The fourth-order valence-corrected chi connectivity index (χ4v) is 3.57. The second kappa shape index (κ2) is 5.10. The predicted octanol–water partition coefficient (Wildman–Crippen LogP) is 1.63. The number of aliphatic hydroxyl groups is 1. The van der Waals surface area contributed by atoms with Crippen LogP contribution in [0.15, 0.2) is 17.0 Å². The number of nitrogens with one attached hydrogen (secondary N) is 1. The number of hydrogen-bond acceptors (Lipinski definition) is 4. The Morgan fingerprint density at radius 2 is 2.00 bits per heavy atom. The summed E-state index contributed by atoms with van der Waals surface area (Å²) in [5, 5.41) is 9.28. The van der Waals surface area contributed by atoms with Crippen LogP contribution in [-0.4, -0.2) is 26.7 Å². The number of aliphatic hydroxyl groups excluding tert-OH is 1. The molecule has 5 nitrogen and oxygen atoms in total. The van der Waals surface area contributed by atoms with Crippen molar-refractivity contribution < 1.29 is 13.5 Å². The van der Waals surface area contributed by atoms with Gasteiger partial charge in [0.1, 0.15) is 4.90 Å². The fourth-order valence-electron chi connectivity index (χ4n) is 1.65. The highest BCUT2D eigenvalue weighted by Crippen LogP contribution is 2.44. The van der Waals surface area contributed by atoms with Crippen LogP contribution in [0.1, 0.15) is 12.8 Å². The molecule has 0 aliphatic heterocycles. The molecule has 19 heavy (non-hydrogen) atoms. The van der Waals surface area contributed by atoms with Crippen molar-refractivity contribution in [3.05, 3.63) is 22.2 Å². The molecule has 0 unspecified atom stereocenters. The van der Waals surface area contributed by atoms with Crippen LogP contribution in [0.5, 0.6) is 0 Å². The zero-order valence-corrected chi connectivity index (χ0v) is 12.3. The number of hydrogen-bond donors (Lipinski definition) is 3. The molecule has 0 amide bonds. The third-order valence-electron chi connectivity index (χ3n) is 3.31. The number of anilines is 1. The van der Waals surface area contributed by atoms with E-state index in [1.165, 1.54) is 12.1 Å². The quantitative estimate of drug-likeness (QED) is 0.718. The van der Waals surface area contributed by atoms with E-state index in [2.05, 4.69) is 4.72 Å². The van der Waals surface area contributed by atoms with E-state index in [4.69, 9.17) is 34.0 Å². The number of rotatable bonds is 5. The molecule has 8 heteroatoms. The van der Waals surface area contributed by atoms with Crippen LogP contribution in [0.4, 0.5) is 5.69 Å². The van der Waals surface area contributed by atoms with E-state index in [9.17, 15) is 8.42 Å². The molecule has 1 aliphatic rings. The smallest absolute Gasteiger partial charge is 0.242 e. The summed E-state index contributed by atoms with van der Waals surface area (Å²) in [5.41, 5.74) is 5.32. The van der Waals surface area contributed by atoms with Crippen molar-refractivity contribution in [3.8, 4) is 0 Å². The van der Waals surface area contributed by atoms with Crippen LogP contribution in [-0.2, 0) is 10.0 Å². The molecular weight excluding hydrogens is 311 g/mol. The van der Waals surface area contributed by atoms with Gasteiger partial charge in [0.2, 0.25) is 10.0 Å². The summed E-state index contributed by atoms with van der Waals surface area (Å²) >= 11 is 11.7. The van der Waals surface area contributed by atoms with Crippen molar-refractivity contribution in [2.45, 2.75) is 17.7 Å². The molecule has 0 bridgehead atoms. The van der Waals surface area contributed by atoms with Crippen molar-refractivity contribution in [2.24, 2.45) is 5.41 Å². The van der Waals surface area contributed by atoms with Gasteiger partial charge < -0.3 is 10.8 Å². The van der Waals surface area contributed by atoms with E-state index < -0.39 is 10.0 Å². The van der Waals surface area contributed by atoms with Crippen molar-refractivity contribution in [1.82, 2.24) is 4.72 Å². The van der Waals surface area contributed by atoms with Gasteiger partial charge in [-0.2, -0.15) is 0 Å². The topological polar surface area (TPSA) is 92.4 Å². The van der Waals surface area contributed by atoms with Crippen LogP contribution in [0.2, 0.25) is 10.0 Å². The van der Waals surface area contributed by atoms with E-state index in [1.807, 2.05) is 0 Å². The minimum Gasteiger partial charge on any atom is -0.396 e. The average Bonchev–Trinajstić information content (AvgIpc) is 3.14. The molecule has 0 aromatic heterocycles. The lowest BCUT2D eigenvalue weighted by molar-refractivity contribution is 0.213. The summed E-state index contributed by atoms with van der Waals surface area (Å²) in [4.78, 5) is -0.107. The molecule has 1 saturated carbocycles. The Balaban J connectivity index is 2.23. The summed E-state index contributed by atoms with van der Waals surface area (Å²) < 4.78 is 26.7. The Bertz CT molecular complexity index is 600. The molecule has 106 valence electrons. The first-order valence-corrected chi connectivity index (χ1v) is 7.89. The molecule has 0 atom stereocenters. The predicted molar refractivity (Wildman–Crippen MR) is 74.8 cm³/mol. The van der Waals surface area contributed by atoms with Gasteiger partial charge in [-0.3, -0.25) is 0 Å². The number of benzene rings is 1. The lowest BCUT2D eigenvalue weighted by Crippen LogP contribution is -2.32. The lowest BCUT2D eigenvalue weighted by Gasteiger charge is -2.14. The minimum atomic E-state index is -3.77. The largest absolute Gasteiger partial charge is 0.396 e. The van der Waals surface area contributed by atoms with Gasteiger partial charge in [0.15, 0.2) is 0 Å². The van der Waals surface area contributed by atoms with Gasteiger partial charge in [0, 0.05) is 18.6 Å². The Hall–Kier alpha value is -0.530. The summed E-state index contributed by atoms with van der Waals surface area (Å²) in [6.45, 7) is 0.150. The first kappa shape index (κ1) is 14.9. The number of nitrogens with two attached hydrogens (primary N) is 1. The van der Waals surface area contributed by atoms with Gasteiger partial charge in [0.05, 0.1) is 15.7 Å². The molecule has 0 spiro atoms. The molecule has 1 aromatic rings. The van der Waals surface area contributed by atoms with E-state index in [0.29, 0.717) is 0 Å². The zero-order chi connectivity index (χ0) is 14.3. The van der Waals surface area contributed by atoms with Crippen LogP contribution in [0, 0.1) is 5.41 Å². The second-order valence-electron chi connectivity index (χ2n) is 4.76. The second-order valence-corrected chi connectivity index (χ2v) is 7.28. The first-order valence-electron chi connectivity index (χ1n) is 5.65. The van der Waals surface area contributed by atoms with Gasteiger partial charge in [-0.15, -0.1) is 0 Å². The van der Waals surface area contributed by atoms with Crippen LogP contribution in [0.25, 0.3) is 0 Å². The minimum absolute atomic E-state index is 0.0357. The number of sulfonamides is 1. The van der Waals surface area contributed by atoms with E-state index in [0.717, 1.165) is 12.8 Å². The highest BCUT2D eigenvalue weighted by molar-refractivity contribution is 7.89. The van der Waals surface area contributed by atoms with Crippen molar-refractivity contribution >= 4 is 38.9 Å². The molecule has 0 heterocycles. The summed E-state index contributed by atoms with van der Waals surface area (Å²) in [6.07, 6.45) is 1.62. The molecule has 0 radical (unpaired) electrons. The van der Waals surface area contributed by atoms with Gasteiger partial charge >= 0.3 is 0 Å². The zero-order valence-electron chi connectivity index (χ0n) is 9.99. The standard InChI is InChI=1S/C11H14Cl2N2O3S/c12-7-1-2-8(9(13)10(7)14)19(17,18)15-5-11(6-16)3-4-11/h1-2,15-16H,3-6,14H2. The van der Waals surface area contributed by atoms with Crippen molar-refractivity contribution in [2.75, 3.05) is 18.9 Å². The lowest BCUT2D eigenvalue weighted by atomic mass is 10.1. The average molecular weight is 325 g/mol. The highest BCUT2D eigenvalue weighted by Gasteiger charge is 2.42. The molecule has 0 saturated heterocycles. The third-order valence-corrected chi connectivity index (χ3v) is 5.60. The van der Waals surface area contributed by atoms with E-state index in [1.54, 1.807) is 0 Å². The summed E-state index contributed by atoms with van der Waals surface area (Å²) in [7, 11) is -3.77. The number of halogens is 2. The SMILES string of the molecule is Nc1c(Cl)ccc(S(=O)(=O)NCC2(CO)CC2)c1Cl. The Morgan fingerprint density at radius 3 is 2.53 bits per heavy atom. The summed E-state index contributed by atoms with van der Waals surface area (Å²) in [5.74, 6) is 0. The fraction of sp³-hybridized carbons (Fsp3) is 0.455. The summed E-state index contributed by atoms with van der Waals surface area (Å²) in [6, 6.07) is 2.69. The van der Waals surface area contributed by atoms with Crippen molar-refractivity contribution in [3.63, 3.8) is 0 Å². The normalized spacial score (nSPS) is 17.4. The molecule has 1 aromatic carbocycles. The molecular formula is C11H14Cl2N2O3S. The van der Waals surface area contributed by atoms with Crippen molar-refractivity contribution in [1.29, 1.82) is 0 Å². The Labute approximate surface area is 121 Å². The molecule has 4 N–H and O–H groups in total. The first-order chi connectivity index (χ1) is 8.81.